The van der Waals surface area contributed by atoms with Crippen molar-refractivity contribution in [3.05, 3.63) is 21.9 Å². The first-order valence-corrected chi connectivity index (χ1v) is 6.97. The number of hydrogen-bond acceptors (Lipinski definition) is 4. The molecule has 1 heterocycles. The molecular weight excluding hydrogens is 234 g/mol. The lowest BCUT2D eigenvalue weighted by Crippen LogP contribution is -2.31. The number of nitrogens with one attached hydrogen (secondary N) is 1. The quantitative estimate of drug-likeness (QED) is 0.838. The Labute approximate surface area is 106 Å². The number of carbonyl (C=O) groups is 1. The zero-order chi connectivity index (χ0) is 12.3. The van der Waals surface area contributed by atoms with E-state index >= 15 is 0 Å². The highest BCUT2D eigenvalue weighted by atomic mass is 32.1. The first-order chi connectivity index (χ1) is 8.22. The highest BCUT2D eigenvalue weighted by Gasteiger charge is 2.22. The van der Waals surface area contributed by atoms with Gasteiger partial charge in [0.15, 0.2) is 0 Å². The van der Waals surface area contributed by atoms with Crippen LogP contribution in [0, 0.1) is 5.92 Å². The molecule has 0 saturated heterocycles. The largest absolute Gasteiger partial charge is 0.469 e. The summed E-state index contributed by atoms with van der Waals surface area (Å²) in [6, 6.07) is 2.62. The first kappa shape index (κ1) is 12.6. The molecule has 0 aliphatic heterocycles. The van der Waals surface area contributed by atoms with Crippen molar-refractivity contribution in [2.24, 2.45) is 5.92 Å². The Morgan fingerprint density at radius 2 is 2.53 bits per heavy atom. The second-order valence-electron chi connectivity index (χ2n) is 4.58. The van der Waals surface area contributed by atoms with Crippen molar-refractivity contribution in [2.75, 3.05) is 13.7 Å². The number of aryl methyl sites for hydroxylation is 1. The van der Waals surface area contributed by atoms with E-state index in [4.69, 9.17) is 4.74 Å². The zero-order valence-corrected chi connectivity index (χ0v) is 11.2. The van der Waals surface area contributed by atoms with Crippen molar-refractivity contribution in [1.82, 2.24) is 5.32 Å². The highest BCUT2D eigenvalue weighted by Crippen LogP contribution is 2.33. The summed E-state index contributed by atoms with van der Waals surface area (Å²) in [4.78, 5) is 12.8. The zero-order valence-electron chi connectivity index (χ0n) is 10.4. The van der Waals surface area contributed by atoms with Gasteiger partial charge in [0.1, 0.15) is 0 Å². The summed E-state index contributed by atoms with van der Waals surface area (Å²) >= 11 is 1.84. The maximum Gasteiger partial charge on any atom is 0.309 e. The van der Waals surface area contributed by atoms with Crippen molar-refractivity contribution in [3.63, 3.8) is 0 Å². The van der Waals surface area contributed by atoms with E-state index in [-0.39, 0.29) is 11.9 Å². The van der Waals surface area contributed by atoms with Crippen molar-refractivity contribution >= 4 is 17.3 Å². The molecule has 2 rings (SSSR count). The minimum atomic E-state index is -0.140. The molecule has 1 aliphatic carbocycles. The minimum absolute atomic E-state index is 0.0796. The number of thiophene rings is 1. The number of hydrogen-bond donors (Lipinski definition) is 1. The van der Waals surface area contributed by atoms with Crippen LogP contribution < -0.4 is 5.32 Å². The molecule has 17 heavy (non-hydrogen) atoms. The molecule has 1 N–H and O–H groups in total. The van der Waals surface area contributed by atoms with Gasteiger partial charge in [0.05, 0.1) is 13.0 Å². The van der Waals surface area contributed by atoms with E-state index in [1.807, 2.05) is 18.3 Å². The van der Waals surface area contributed by atoms with Crippen LogP contribution >= 0.6 is 11.3 Å². The van der Waals surface area contributed by atoms with E-state index in [9.17, 15) is 4.79 Å². The Hall–Kier alpha value is -0.870. The molecule has 2 unspecified atom stereocenters. The summed E-state index contributed by atoms with van der Waals surface area (Å²) in [6.07, 6.45) is 3.60. The van der Waals surface area contributed by atoms with Gasteiger partial charge in [-0.3, -0.25) is 4.79 Å². The van der Waals surface area contributed by atoms with Gasteiger partial charge >= 0.3 is 5.97 Å². The van der Waals surface area contributed by atoms with Gasteiger partial charge in [0, 0.05) is 17.5 Å². The molecular formula is C13H19NO2S. The van der Waals surface area contributed by atoms with Crippen molar-refractivity contribution in [3.8, 4) is 0 Å². The molecule has 1 aromatic heterocycles. The van der Waals surface area contributed by atoms with Crippen LogP contribution in [0.2, 0.25) is 0 Å². The number of esters is 1. The van der Waals surface area contributed by atoms with E-state index in [0.29, 0.717) is 12.6 Å². The van der Waals surface area contributed by atoms with Crippen LogP contribution in [0.15, 0.2) is 11.4 Å². The Morgan fingerprint density at radius 1 is 1.71 bits per heavy atom. The average Bonchev–Trinajstić information content (AvgIpc) is 2.83. The van der Waals surface area contributed by atoms with E-state index in [0.717, 1.165) is 6.42 Å². The third-order valence-corrected chi connectivity index (χ3v) is 4.32. The predicted molar refractivity (Wildman–Crippen MR) is 69.2 cm³/mol. The van der Waals surface area contributed by atoms with Gasteiger partial charge in [-0.15, -0.1) is 11.3 Å². The fourth-order valence-corrected chi connectivity index (χ4v) is 3.29. The van der Waals surface area contributed by atoms with Crippen molar-refractivity contribution < 1.29 is 9.53 Å². The lowest BCUT2D eigenvalue weighted by Gasteiger charge is -2.24. The summed E-state index contributed by atoms with van der Waals surface area (Å²) in [5.41, 5.74) is 1.43. The summed E-state index contributed by atoms with van der Waals surface area (Å²) < 4.78 is 4.73. The van der Waals surface area contributed by atoms with Crippen LogP contribution in [0.1, 0.15) is 36.2 Å². The third kappa shape index (κ3) is 2.87. The number of rotatable bonds is 4. The Kier molecular flexibility index (Phi) is 4.18. The molecule has 2 atom stereocenters. The molecule has 3 nitrogen and oxygen atoms in total. The highest BCUT2D eigenvalue weighted by molar-refractivity contribution is 7.10. The van der Waals surface area contributed by atoms with E-state index < -0.39 is 0 Å². The summed E-state index contributed by atoms with van der Waals surface area (Å²) in [5, 5.41) is 5.65. The second kappa shape index (κ2) is 5.65. The van der Waals surface area contributed by atoms with E-state index in [1.165, 1.54) is 30.4 Å². The molecule has 1 aliphatic rings. The van der Waals surface area contributed by atoms with E-state index in [2.05, 4.69) is 16.8 Å². The monoisotopic (exact) mass is 253 g/mol. The van der Waals surface area contributed by atoms with Crippen molar-refractivity contribution in [1.29, 1.82) is 0 Å². The molecule has 0 saturated carbocycles. The molecule has 0 amide bonds. The predicted octanol–water partition coefficient (Wildman–Crippen LogP) is 2.52. The van der Waals surface area contributed by atoms with Crippen LogP contribution in [0.5, 0.6) is 0 Å². The van der Waals surface area contributed by atoms with Gasteiger partial charge in [-0.25, -0.2) is 0 Å². The smallest absolute Gasteiger partial charge is 0.309 e. The van der Waals surface area contributed by atoms with Gasteiger partial charge in [-0.05, 0) is 36.3 Å². The molecule has 0 spiro atoms. The Morgan fingerprint density at radius 3 is 3.29 bits per heavy atom. The van der Waals surface area contributed by atoms with Crippen molar-refractivity contribution in [2.45, 2.75) is 32.2 Å². The first-order valence-electron chi connectivity index (χ1n) is 6.10. The van der Waals surface area contributed by atoms with Gasteiger partial charge in [0.2, 0.25) is 0 Å². The van der Waals surface area contributed by atoms with Crippen LogP contribution in [-0.4, -0.2) is 19.6 Å². The summed E-state index contributed by atoms with van der Waals surface area (Å²) in [7, 11) is 1.44. The second-order valence-corrected chi connectivity index (χ2v) is 5.58. The van der Waals surface area contributed by atoms with Crippen LogP contribution in [0.3, 0.4) is 0 Å². The molecule has 0 fully saturated rings. The molecule has 0 aromatic carbocycles. The average molecular weight is 253 g/mol. The molecule has 0 radical (unpaired) electrons. The number of carbonyl (C=O) groups excluding carboxylic acids is 1. The summed E-state index contributed by atoms with van der Waals surface area (Å²) in [5.74, 6) is -0.220. The van der Waals surface area contributed by atoms with Gasteiger partial charge in [-0.2, -0.15) is 0 Å². The topological polar surface area (TPSA) is 38.3 Å². The SMILES string of the molecule is COC(=O)C(C)CNC1CCCc2sccc21. The lowest BCUT2D eigenvalue weighted by molar-refractivity contribution is -0.144. The van der Waals surface area contributed by atoms with Crippen LogP contribution in [-0.2, 0) is 16.0 Å². The van der Waals surface area contributed by atoms with Gasteiger partial charge in [0.25, 0.3) is 0 Å². The van der Waals surface area contributed by atoms with E-state index in [1.54, 1.807) is 0 Å². The maximum absolute atomic E-state index is 11.3. The molecule has 94 valence electrons. The normalized spacial score (nSPS) is 20.7. The van der Waals surface area contributed by atoms with Crippen LogP contribution in [0.25, 0.3) is 0 Å². The number of ether oxygens (including phenoxy) is 1. The van der Waals surface area contributed by atoms with Crippen LogP contribution in [0.4, 0.5) is 0 Å². The number of methoxy groups -OCH3 is 1. The van der Waals surface area contributed by atoms with Gasteiger partial charge in [-0.1, -0.05) is 6.92 Å². The standard InChI is InChI=1S/C13H19NO2S/c1-9(13(15)16-2)8-14-11-4-3-5-12-10(11)6-7-17-12/h6-7,9,11,14H,3-5,8H2,1-2H3. The Bertz CT molecular complexity index is 389. The fraction of sp³-hybridized carbons (Fsp3) is 0.615. The number of fused-ring (bicyclic) bond motifs is 1. The summed E-state index contributed by atoms with van der Waals surface area (Å²) in [6.45, 7) is 2.59. The molecule has 4 heteroatoms. The van der Waals surface area contributed by atoms with Gasteiger partial charge < -0.3 is 10.1 Å². The fourth-order valence-electron chi connectivity index (χ4n) is 2.30. The molecule has 0 bridgehead atoms. The Balaban J connectivity index is 1.91. The maximum atomic E-state index is 11.3. The lowest BCUT2D eigenvalue weighted by atomic mass is 9.93. The molecule has 1 aromatic rings. The third-order valence-electron chi connectivity index (χ3n) is 3.33. The minimum Gasteiger partial charge on any atom is -0.469 e.